The van der Waals surface area contributed by atoms with E-state index in [1.54, 1.807) is 55.8 Å². The van der Waals surface area contributed by atoms with Crippen molar-refractivity contribution in [2.24, 2.45) is 5.41 Å². The lowest BCUT2D eigenvalue weighted by atomic mass is 9.77. The van der Waals surface area contributed by atoms with Crippen molar-refractivity contribution in [1.29, 1.82) is 0 Å². The molecule has 3 N–H and O–H groups in total. The zero-order valence-electron chi connectivity index (χ0n) is 25.2. The predicted octanol–water partition coefficient (Wildman–Crippen LogP) is 5.25. The van der Waals surface area contributed by atoms with Crippen LogP contribution in [0.4, 0.5) is 23.0 Å². The molecule has 0 radical (unpaired) electrons. The molecule has 11 heteroatoms. The van der Waals surface area contributed by atoms with Crippen LogP contribution < -0.4 is 16.0 Å². The number of rotatable bonds is 9. The lowest BCUT2D eigenvalue weighted by Crippen LogP contribution is -2.35. The maximum absolute atomic E-state index is 13.1. The Morgan fingerprint density at radius 1 is 1.00 bits per heavy atom. The van der Waals surface area contributed by atoms with E-state index >= 15 is 0 Å². The number of nitrogens with one attached hydrogen (secondary N) is 3. The van der Waals surface area contributed by atoms with Crippen molar-refractivity contribution >= 4 is 46.6 Å². The summed E-state index contributed by atoms with van der Waals surface area (Å²) >= 11 is 0. The Labute approximate surface area is 265 Å². The van der Waals surface area contributed by atoms with E-state index in [-0.39, 0.29) is 30.6 Å². The Bertz CT molecular complexity index is 1900. The topological polar surface area (TPSA) is 152 Å². The number of hydrogen-bond donors (Lipinski definition) is 3. The summed E-state index contributed by atoms with van der Waals surface area (Å²) in [6, 6.07) is 17.2. The number of ether oxygens (including phenoxy) is 1. The summed E-state index contributed by atoms with van der Waals surface area (Å²) in [4.78, 5) is 64.3. The van der Waals surface area contributed by atoms with Gasteiger partial charge in [0.1, 0.15) is 0 Å². The molecule has 2 heterocycles. The Kier molecular flexibility index (Phi) is 9.28. The number of amides is 2. The molecule has 1 aliphatic rings. The number of terminal acetylenes is 1. The summed E-state index contributed by atoms with van der Waals surface area (Å²) in [6.07, 6.45) is 11.8. The number of hydrogen-bond acceptors (Lipinski definition) is 9. The highest BCUT2D eigenvalue weighted by molar-refractivity contribution is 6.24. The molecule has 1 aliphatic carbocycles. The molecule has 0 unspecified atom stereocenters. The summed E-state index contributed by atoms with van der Waals surface area (Å²) in [7, 11) is 0. The van der Waals surface area contributed by atoms with Gasteiger partial charge in [0.25, 0.3) is 11.8 Å². The van der Waals surface area contributed by atoms with Crippen LogP contribution in [0.5, 0.6) is 0 Å². The van der Waals surface area contributed by atoms with Crippen molar-refractivity contribution in [3.63, 3.8) is 0 Å². The van der Waals surface area contributed by atoms with Crippen molar-refractivity contribution in [1.82, 2.24) is 15.0 Å². The van der Waals surface area contributed by atoms with Gasteiger partial charge in [-0.15, -0.1) is 6.42 Å². The maximum atomic E-state index is 13.1. The summed E-state index contributed by atoms with van der Waals surface area (Å²) in [5.41, 5.74) is 3.02. The highest BCUT2D eigenvalue weighted by atomic mass is 16.5. The van der Waals surface area contributed by atoms with Crippen LogP contribution >= 0.6 is 0 Å². The van der Waals surface area contributed by atoms with Crippen LogP contribution in [-0.2, 0) is 19.1 Å². The van der Waals surface area contributed by atoms with Crippen molar-refractivity contribution in [3.8, 4) is 23.6 Å². The highest BCUT2D eigenvalue weighted by Crippen LogP contribution is 2.34. The average Bonchev–Trinajstić information content (AvgIpc) is 3.06. The number of aromatic nitrogens is 3. The van der Waals surface area contributed by atoms with Gasteiger partial charge in [-0.3, -0.25) is 24.2 Å². The number of ketones is 1. The molecule has 4 aromatic rings. The van der Waals surface area contributed by atoms with Crippen LogP contribution in [0.15, 0.2) is 90.9 Å². The van der Waals surface area contributed by atoms with E-state index < -0.39 is 29.0 Å². The molecule has 2 aromatic carbocycles. The fourth-order valence-electron chi connectivity index (χ4n) is 4.84. The number of Topliss-reactive ketones (excluding diaryl/α,β-unsaturated/α-hetero) is 1. The van der Waals surface area contributed by atoms with Gasteiger partial charge in [-0.1, -0.05) is 18.1 Å². The fourth-order valence-corrected chi connectivity index (χ4v) is 4.84. The third-order valence-corrected chi connectivity index (χ3v) is 7.36. The molecular weight excluding hydrogens is 584 g/mol. The van der Waals surface area contributed by atoms with Gasteiger partial charge in [-0.2, -0.15) is 0 Å². The minimum absolute atomic E-state index is 0.00188. The molecule has 2 aromatic heterocycles. The van der Waals surface area contributed by atoms with Gasteiger partial charge in [0.15, 0.2) is 12.4 Å². The third-order valence-electron chi connectivity index (χ3n) is 7.36. The zero-order chi connectivity index (χ0) is 32.7. The van der Waals surface area contributed by atoms with Gasteiger partial charge in [-0.25, -0.2) is 9.97 Å². The first-order valence-electron chi connectivity index (χ1n) is 14.4. The molecule has 2 amide bonds. The molecule has 0 saturated heterocycles. The summed E-state index contributed by atoms with van der Waals surface area (Å²) < 4.78 is 5.05. The molecule has 0 spiro atoms. The van der Waals surface area contributed by atoms with Gasteiger partial charge in [0.2, 0.25) is 5.95 Å². The lowest BCUT2D eigenvalue weighted by molar-refractivity contribution is -0.151. The number of nitrogens with zero attached hydrogens (tertiary/aromatic N) is 3. The van der Waals surface area contributed by atoms with E-state index in [0.717, 1.165) is 22.5 Å². The number of aryl methyl sites for hydroxylation is 1. The van der Waals surface area contributed by atoms with E-state index in [1.807, 2.05) is 31.2 Å². The van der Waals surface area contributed by atoms with Crippen LogP contribution in [0, 0.1) is 24.7 Å². The van der Waals surface area contributed by atoms with Gasteiger partial charge >= 0.3 is 5.97 Å². The fraction of sp³-hybridized carbons (Fsp3) is 0.171. The molecule has 0 aliphatic heterocycles. The van der Waals surface area contributed by atoms with E-state index in [4.69, 9.17) is 11.2 Å². The van der Waals surface area contributed by atoms with Crippen LogP contribution in [0.25, 0.3) is 11.3 Å². The second kappa shape index (κ2) is 13.7. The molecule has 0 saturated carbocycles. The molecule has 11 nitrogen and oxygen atoms in total. The normalized spacial score (nSPS) is 15.6. The molecule has 46 heavy (non-hydrogen) atoms. The smallest absolute Gasteiger partial charge is 0.316 e. The Balaban J connectivity index is 1.24. The molecule has 230 valence electrons. The molecule has 1 atom stereocenters. The van der Waals surface area contributed by atoms with Crippen molar-refractivity contribution in [3.05, 3.63) is 102 Å². The SMILES string of the molecule is C#CCOC(=O)[C@@]1(C)C=C(C(=O)Nc2cccc(C(=O)Nc3ccc(Nc4nccc(-c5cccnc5)n4)c(C)c3)c2)C(=O)CC1. The van der Waals surface area contributed by atoms with E-state index in [0.29, 0.717) is 17.3 Å². The van der Waals surface area contributed by atoms with Crippen molar-refractivity contribution in [2.75, 3.05) is 22.6 Å². The first-order valence-corrected chi connectivity index (χ1v) is 14.4. The van der Waals surface area contributed by atoms with Crippen LogP contribution in [0.3, 0.4) is 0 Å². The van der Waals surface area contributed by atoms with Crippen LogP contribution in [0.1, 0.15) is 35.7 Å². The average molecular weight is 615 g/mol. The van der Waals surface area contributed by atoms with E-state index in [1.165, 1.54) is 12.1 Å². The predicted molar refractivity (Wildman–Crippen MR) is 173 cm³/mol. The summed E-state index contributed by atoms with van der Waals surface area (Å²) in [5.74, 6) is 0.553. The zero-order valence-corrected chi connectivity index (χ0v) is 25.2. The quantitative estimate of drug-likeness (QED) is 0.130. The Morgan fingerprint density at radius 3 is 2.57 bits per heavy atom. The monoisotopic (exact) mass is 614 g/mol. The summed E-state index contributed by atoms with van der Waals surface area (Å²) in [5, 5.41) is 8.74. The first kappa shape index (κ1) is 31.3. The highest BCUT2D eigenvalue weighted by Gasteiger charge is 2.39. The molecule has 0 fully saturated rings. The number of carbonyl (C=O) groups is 4. The molecule has 0 bridgehead atoms. The molecule has 5 rings (SSSR count). The second-order valence-electron chi connectivity index (χ2n) is 10.8. The number of anilines is 4. The summed E-state index contributed by atoms with van der Waals surface area (Å²) in [6.45, 7) is 3.28. The number of esters is 1. The standard InChI is InChI=1S/C35H30N6O5/c1-4-17-46-33(45)35(3)14-12-30(42)27(20-35)32(44)39-25-9-5-7-23(19-25)31(43)38-26-10-11-28(22(2)18-26)40-34-37-16-13-29(41-34)24-8-6-15-36-21-24/h1,5-11,13,15-16,18-21H,12,14,17H2,2-3H3,(H,38,43)(H,39,44)(H,37,40,41)/t35-/m1/s1. The second-order valence-corrected chi connectivity index (χ2v) is 10.8. The number of benzene rings is 2. The van der Waals surface area contributed by atoms with Gasteiger partial charge in [0, 0.05) is 53.2 Å². The van der Waals surface area contributed by atoms with Crippen LogP contribution in [0.2, 0.25) is 0 Å². The van der Waals surface area contributed by atoms with Crippen molar-refractivity contribution < 1.29 is 23.9 Å². The number of pyridine rings is 1. The van der Waals surface area contributed by atoms with Gasteiger partial charge in [0.05, 0.1) is 16.7 Å². The maximum Gasteiger partial charge on any atom is 0.316 e. The van der Waals surface area contributed by atoms with Gasteiger partial charge in [-0.05, 0) is 80.4 Å². The first-order chi connectivity index (χ1) is 22.1. The third kappa shape index (κ3) is 7.31. The minimum atomic E-state index is -1.17. The van der Waals surface area contributed by atoms with Crippen molar-refractivity contribution in [2.45, 2.75) is 26.7 Å². The largest absolute Gasteiger partial charge is 0.452 e. The Hall–Kier alpha value is -6.15. The van der Waals surface area contributed by atoms with E-state index in [2.05, 4.69) is 36.8 Å². The number of carbonyl (C=O) groups excluding carboxylic acids is 4. The van der Waals surface area contributed by atoms with Gasteiger partial charge < -0.3 is 20.7 Å². The Morgan fingerprint density at radius 2 is 1.80 bits per heavy atom. The minimum Gasteiger partial charge on any atom is -0.452 e. The van der Waals surface area contributed by atoms with Crippen LogP contribution in [-0.4, -0.2) is 45.1 Å². The van der Waals surface area contributed by atoms with E-state index in [9.17, 15) is 19.2 Å². The molecular formula is C35H30N6O5. The lowest BCUT2D eigenvalue weighted by Gasteiger charge is -2.28.